The van der Waals surface area contributed by atoms with Crippen LogP contribution in [0.25, 0.3) is 0 Å². The molecule has 0 radical (unpaired) electrons. The van der Waals surface area contributed by atoms with Crippen molar-refractivity contribution < 1.29 is 14.4 Å². The molecule has 31 heavy (non-hydrogen) atoms. The van der Waals surface area contributed by atoms with Crippen molar-refractivity contribution in [2.75, 3.05) is 16.8 Å². The number of benzene rings is 2. The van der Waals surface area contributed by atoms with E-state index in [-0.39, 0.29) is 23.8 Å². The Bertz CT molecular complexity index is 1200. The van der Waals surface area contributed by atoms with E-state index in [0.717, 1.165) is 28.4 Å². The van der Waals surface area contributed by atoms with E-state index in [0.29, 0.717) is 22.9 Å². The predicted octanol–water partition coefficient (Wildman–Crippen LogP) is 3.84. The standard InChI is InChI=1S/C23H19BrClN3O3/c1-11-15(25)8-7-14-19(11)26-22(31)23(14)18-17(16-6-3-9-27(16)23)20(29)28(21(18)30)13-5-2-4-12(24)10-13/h2,4-5,7-8,10,16-18H,3,6,9H2,1H3,(H,26,31)/t16-,17+,18-,23+/m0/s1. The molecule has 4 atom stereocenters. The molecule has 0 aliphatic carbocycles. The number of imide groups is 1. The molecule has 158 valence electrons. The summed E-state index contributed by atoms with van der Waals surface area (Å²) in [6, 6.07) is 10.7. The third kappa shape index (κ3) is 2.24. The van der Waals surface area contributed by atoms with Gasteiger partial charge in [-0.2, -0.15) is 0 Å². The van der Waals surface area contributed by atoms with Crippen molar-refractivity contribution in [2.24, 2.45) is 11.8 Å². The van der Waals surface area contributed by atoms with Crippen molar-refractivity contribution in [3.8, 4) is 0 Å². The lowest BCUT2D eigenvalue weighted by Crippen LogP contribution is -2.54. The lowest BCUT2D eigenvalue weighted by molar-refractivity contribution is -0.135. The Kier molecular flexibility index (Phi) is 4.02. The van der Waals surface area contributed by atoms with Gasteiger partial charge in [-0.05, 0) is 56.1 Å². The molecule has 6 rings (SSSR count). The normalized spacial score (nSPS) is 31.4. The van der Waals surface area contributed by atoms with Crippen LogP contribution in [0.5, 0.6) is 0 Å². The zero-order valence-corrected chi connectivity index (χ0v) is 19.0. The van der Waals surface area contributed by atoms with Gasteiger partial charge >= 0.3 is 0 Å². The van der Waals surface area contributed by atoms with Crippen LogP contribution in [0.1, 0.15) is 24.0 Å². The summed E-state index contributed by atoms with van der Waals surface area (Å²) in [5.74, 6) is -2.05. The second-order valence-electron chi connectivity index (χ2n) is 8.71. The SMILES string of the molecule is Cc1c(Cl)ccc2c1NC(=O)[C@]21[C@@H]2C(=O)N(c3cccc(Br)c3)C(=O)[C@@H]2[C@@H]2CCCN21. The van der Waals surface area contributed by atoms with Crippen molar-refractivity contribution in [3.05, 3.63) is 57.0 Å². The lowest BCUT2D eigenvalue weighted by atomic mass is 9.75. The van der Waals surface area contributed by atoms with Gasteiger partial charge in [-0.15, -0.1) is 0 Å². The molecule has 0 saturated carbocycles. The fourth-order valence-electron chi connectivity index (χ4n) is 6.26. The number of nitrogens with one attached hydrogen (secondary N) is 1. The molecule has 4 heterocycles. The van der Waals surface area contributed by atoms with Crippen molar-refractivity contribution in [1.82, 2.24) is 4.90 Å². The number of halogens is 2. The van der Waals surface area contributed by atoms with Crippen LogP contribution >= 0.6 is 27.5 Å². The Morgan fingerprint density at radius 2 is 1.97 bits per heavy atom. The van der Waals surface area contributed by atoms with E-state index >= 15 is 0 Å². The van der Waals surface area contributed by atoms with Gasteiger partial charge in [-0.1, -0.05) is 39.7 Å². The van der Waals surface area contributed by atoms with Gasteiger partial charge in [0.05, 0.1) is 23.2 Å². The number of nitrogens with zero attached hydrogens (tertiary/aromatic N) is 2. The molecule has 3 amide bonds. The zero-order valence-electron chi connectivity index (χ0n) is 16.7. The summed E-state index contributed by atoms with van der Waals surface area (Å²) in [4.78, 5) is 44.6. The molecule has 6 nitrogen and oxygen atoms in total. The third-order valence-corrected chi connectivity index (χ3v) is 8.33. The number of anilines is 2. The molecule has 1 spiro atoms. The van der Waals surface area contributed by atoms with Gasteiger partial charge in [0.25, 0.3) is 0 Å². The van der Waals surface area contributed by atoms with Crippen LogP contribution in [0, 0.1) is 18.8 Å². The molecule has 0 bridgehead atoms. The molecular weight excluding hydrogens is 482 g/mol. The monoisotopic (exact) mass is 499 g/mol. The van der Waals surface area contributed by atoms with Gasteiger partial charge in [0.15, 0.2) is 0 Å². The predicted molar refractivity (Wildman–Crippen MR) is 120 cm³/mol. The summed E-state index contributed by atoms with van der Waals surface area (Å²) >= 11 is 9.76. The second kappa shape index (κ2) is 6.40. The molecule has 1 N–H and O–H groups in total. The van der Waals surface area contributed by atoms with E-state index in [2.05, 4.69) is 26.1 Å². The Morgan fingerprint density at radius 3 is 2.74 bits per heavy atom. The first-order chi connectivity index (χ1) is 14.9. The molecule has 3 saturated heterocycles. The van der Waals surface area contributed by atoms with E-state index in [9.17, 15) is 14.4 Å². The summed E-state index contributed by atoms with van der Waals surface area (Å²) in [5, 5.41) is 3.57. The highest BCUT2D eigenvalue weighted by atomic mass is 79.9. The Labute approximate surface area is 192 Å². The number of fused-ring (bicyclic) bond motifs is 7. The van der Waals surface area contributed by atoms with Gasteiger partial charge in [-0.3, -0.25) is 19.3 Å². The average Bonchev–Trinajstić information content (AvgIpc) is 3.43. The minimum atomic E-state index is -1.18. The van der Waals surface area contributed by atoms with E-state index in [1.165, 1.54) is 4.90 Å². The Hall–Kier alpha value is -2.22. The topological polar surface area (TPSA) is 69.7 Å². The largest absolute Gasteiger partial charge is 0.324 e. The number of rotatable bonds is 1. The van der Waals surface area contributed by atoms with E-state index < -0.39 is 17.4 Å². The number of carbonyl (C=O) groups is 3. The fourth-order valence-corrected chi connectivity index (χ4v) is 6.80. The minimum Gasteiger partial charge on any atom is -0.324 e. The van der Waals surface area contributed by atoms with Gasteiger partial charge in [0.1, 0.15) is 5.54 Å². The molecule has 0 unspecified atom stereocenters. The van der Waals surface area contributed by atoms with Crippen molar-refractivity contribution in [1.29, 1.82) is 0 Å². The van der Waals surface area contributed by atoms with Gasteiger partial charge in [0, 0.05) is 21.1 Å². The summed E-state index contributed by atoms with van der Waals surface area (Å²) in [7, 11) is 0. The molecule has 0 aromatic heterocycles. The van der Waals surface area contributed by atoms with E-state index in [1.54, 1.807) is 24.3 Å². The lowest BCUT2D eigenvalue weighted by Gasteiger charge is -2.36. The van der Waals surface area contributed by atoms with Crippen molar-refractivity contribution in [2.45, 2.75) is 31.3 Å². The van der Waals surface area contributed by atoms with Crippen LogP contribution in [0.3, 0.4) is 0 Å². The molecule has 2 aromatic carbocycles. The number of carbonyl (C=O) groups excluding carboxylic acids is 3. The number of hydrogen-bond acceptors (Lipinski definition) is 4. The van der Waals surface area contributed by atoms with Crippen LogP contribution in [-0.2, 0) is 19.9 Å². The Balaban J connectivity index is 1.57. The molecule has 4 aliphatic rings. The molecular formula is C23H19BrClN3O3. The number of hydrogen-bond donors (Lipinski definition) is 1. The van der Waals surface area contributed by atoms with Crippen molar-refractivity contribution >= 4 is 56.6 Å². The van der Waals surface area contributed by atoms with Crippen LogP contribution in [0.15, 0.2) is 40.9 Å². The maximum absolute atomic E-state index is 13.9. The smallest absolute Gasteiger partial charge is 0.250 e. The Morgan fingerprint density at radius 1 is 1.16 bits per heavy atom. The molecule has 3 fully saturated rings. The van der Waals surface area contributed by atoms with Gasteiger partial charge < -0.3 is 5.32 Å². The molecule has 4 aliphatic heterocycles. The van der Waals surface area contributed by atoms with Crippen LogP contribution < -0.4 is 10.2 Å². The third-order valence-electron chi connectivity index (χ3n) is 7.43. The zero-order chi connectivity index (χ0) is 21.7. The minimum absolute atomic E-state index is 0.133. The fraction of sp³-hybridized carbons (Fsp3) is 0.348. The summed E-state index contributed by atoms with van der Waals surface area (Å²) in [6.45, 7) is 2.55. The highest BCUT2D eigenvalue weighted by molar-refractivity contribution is 9.10. The highest BCUT2D eigenvalue weighted by Gasteiger charge is 2.74. The quantitative estimate of drug-likeness (QED) is 0.604. The average molecular weight is 501 g/mol. The van der Waals surface area contributed by atoms with Gasteiger partial charge in [0.2, 0.25) is 17.7 Å². The molecule has 8 heteroatoms. The first kappa shape index (κ1) is 19.5. The van der Waals surface area contributed by atoms with Crippen LogP contribution in [-0.4, -0.2) is 35.2 Å². The highest BCUT2D eigenvalue weighted by Crippen LogP contribution is 2.61. The first-order valence-electron chi connectivity index (χ1n) is 10.4. The van der Waals surface area contributed by atoms with Gasteiger partial charge in [-0.25, -0.2) is 4.90 Å². The maximum atomic E-state index is 13.9. The molecule has 2 aromatic rings. The van der Waals surface area contributed by atoms with Crippen LogP contribution in [0.2, 0.25) is 5.02 Å². The summed E-state index contributed by atoms with van der Waals surface area (Å²) in [5.41, 5.74) is 1.57. The summed E-state index contributed by atoms with van der Waals surface area (Å²) in [6.07, 6.45) is 1.69. The van der Waals surface area contributed by atoms with Crippen LogP contribution in [0.4, 0.5) is 11.4 Å². The van der Waals surface area contributed by atoms with E-state index in [1.807, 2.05) is 19.1 Å². The maximum Gasteiger partial charge on any atom is 0.250 e. The summed E-state index contributed by atoms with van der Waals surface area (Å²) < 4.78 is 0.786. The van der Waals surface area contributed by atoms with E-state index in [4.69, 9.17) is 11.6 Å². The second-order valence-corrected chi connectivity index (χ2v) is 10.0. The number of amides is 3. The van der Waals surface area contributed by atoms with Crippen molar-refractivity contribution in [3.63, 3.8) is 0 Å². The first-order valence-corrected chi connectivity index (χ1v) is 11.6.